The second kappa shape index (κ2) is 4.77. The van der Waals surface area contributed by atoms with Gasteiger partial charge in [0.1, 0.15) is 0 Å². The molecule has 0 fully saturated rings. The van der Waals surface area contributed by atoms with E-state index >= 15 is 0 Å². The lowest BCUT2D eigenvalue weighted by atomic mass is 10.3. The maximum absolute atomic E-state index is 10.9. The molecule has 0 aromatic heterocycles. The molecule has 0 heterocycles. The minimum atomic E-state index is -0.438. The fourth-order valence-electron chi connectivity index (χ4n) is 0.451. The Labute approximate surface area is 66.7 Å². The van der Waals surface area contributed by atoms with E-state index in [0.29, 0.717) is 6.61 Å². The van der Waals surface area contributed by atoms with E-state index in [1.807, 2.05) is 6.92 Å². The van der Waals surface area contributed by atoms with E-state index in [2.05, 4.69) is 0 Å². The van der Waals surface area contributed by atoms with Gasteiger partial charge in [-0.05, 0) is 20.3 Å². The van der Waals surface area contributed by atoms with Gasteiger partial charge in [-0.15, -0.1) is 0 Å². The van der Waals surface area contributed by atoms with Crippen molar-refractivity contribution in [3.63, 3.8) is 0 Å². The van der Waals surface area contributed by atoms with Gasteiger partial charge in [0.2, 0.25) is 0 Å². The third-order valence-electron chi connectivity index (χ3n) is 1.29. The van der Waals surface area contributed by atoms with Gasteiger partial charge in [0.25, 0.3) is 0 Å². The molecule has 0 bridgehead atoms. The number of carbonyl (C=O) groups excluding carboxylic acids is 1. The molecule has 3 nitrogen and oxygen atoms in total. The molecule has 0 unspecified atom stereocenters. The standard InChI is InChI=1S/C8H14O3/c1-4-5-11-8(10)6(2)7(3)9/h9H,4-5H2,1-3H3. The SMILES string of the molecule is CCCOC(=O)C(C)=C(C)O. The quantitative estimate of drug-likeness (QED) is 0.387. The second-order valence-corrected chi connectivity index (χ2v) is 2.35. The molecule has 64 valence electrons. The highest BCUT2D eigenvalue weighted by Crippen LogP contribution is 2.01. The first-order valence-electron chi connectivity index (χ1n) is 3.63. The van der Waals surface area contributed by atoms with Gasteiger partial charge in [0, 0.05) is 0 Å². The first-order chi connectivity index (χ1) is 5.09. The van der Waals surface area contributed by atoms with Crippen LogP contribution < -0.4 is 0 Å². The van der Waals surface area contributed by atoms with Crippen LogP contribution in [-0.4, -0.2) is 17.7 Å². The fourth-order valence-corrected chi connectivity index (χ4v) is 0.451. The number of esters is 1. The summed E-state index contributed by atoms with van der Waals surface area (Å²) >= 11 is 0. The Kier molecular flexibility index (Phi) is 4.34. The predicted octanol–water partition coefficient (Wildman–Crippen LogP) is 1.79. The normalized spacial score (nSPS) is 12.3. The molecular weight excluding hydrogens is 144 g/mol. The van der Waals surface area contributed by atoms with Crippen molar-refractivity contribution in [1.82, 2.24) is 0 Å². The molecule has 11 heavy (non-hydrogen) atoms. The van der Waals surface area contributed by atoms with Crippen LogP contribution in [0.2, 0.25) is 0 Å². The van der Waals surface area contributed by atoms with Gasteiger partial charge in [0.15, 0.2) is 0 Å². The van der Waals surface area contributed by atoms with Gasteiger partial charge in [-0.2, -0.15) is 0 Å². The summed E-state index contributed by atoms with van der Waals surface area (Å²) < 4.78 is 4.76. The number of carbonyl (C=O) groups is 1. The summed E-state index contributed by atoms with van der Waals surface area (Å²) in [5.41, 5.74) is 0.276. The average Bonchev–Trinajstić information content (AvgIpc) is 1.98. The lowest BCUT2D eigenvalue weighted by Crippen LogP contribution is -2.07. The Morgan fingerprint density at radius 3 is 2.36 bits per heavy atom. The van der Waals surface area contributed by atoms with E-state index in [1.165, 1.54) is 13.8 Å². The summed E-state index contributed by atoms with van der Waals surface area (Å²) in [7, 11) is 0. The maximum atomic E-state index is 10.9. The van der Waals surface area contributed by atoms with Crippen LogP contribution in [0.4, 0.5) is 0 Å². The smallest absolute Gasteiger partial charge is 0.337 e. The molecule has 0 radical (unpaired) electrons. The number of rotatable bonds is 3. The molecule has 0 saturated heterocycles. The summed E-state index contributed by atoms with van der Waals surface area (Å²) in [6.45, 7) is 5.32. The molecule has 0 aliphatic carbocycles. The van der Waals surface area contributed by atoms with Crippen molar-refractivity contribution in [2.75, 3.05) is 6.61 Å². The molecule has 0 aliphatic heterocycles. The zero-order valence-electron chi connectivity index (χ0n) is 7.18. The van der Waals surface area contributed by atoms with Gasteiger partial charge in [-0.1, -0.05) is 6.92 Å². The van der Waals surface area contributed by atoms with Crippen molar-refractivity contribution in [3.05, 3.63) is 11.3 Å². The van der Waals surface area contributed by atoms with E-state index in [4.69, 9.17) is 9.84 Å². The number of hydrogen-bond acceptors (Lipinski definition) is 3. The van der Waals surface area contributed by atoms with Gasteiger partial charge in [-0.25, -0.2) is 4.79 Å². The third-order valence-corrected chi connectivity index (χ3v) is 1.29. The van der Waals surface area contributed by atoms with Gasteiger partial charge < -0.3 is 9.84 Å². The van der Waals surface area contributed by atoms with Gasteiger partial charge in [0.05, 0.1) is 17.9 Å². The van der Waals surface area contributed by atoms with Crippen LogP contribution in [0, 0.1) is 0 Å². The molecule has 0 atom stereocenters. The highest BCUT2D eigenvalue weighted by atomic mass is 16.5. The molecule has 0 aromatic rings. The van der Waals surface area contributed by atoms with E-state index in [1.54, 1.807) is 0 Å². The number of hydrogen-bond donors (Lipinski definition) is 1. The van der Waals surface area contributed by atoms with Crippen molar-refractivity contribution in [1.29, 1.82) is 0 Å². The Bertz CT molecular complexity index is 166. The Hall–Kier alpha value is -0.990. The molecular formula is C8H14O3. The van der Waals surface area contributed by atoms with E-state index in [-0.39, 0.29) is 11.3 Å². The van der Waals surface area contributed by atoms with E-state index < -0.39 is 5.97 Å². The third kappa shape index (κ3) is 3.65. The lowest BCUT2D eigenvalue weighted by molar-refractivity contribution is -0.139. The zero-order valence-corrected chi connectivity index (χ0v) is 7.18. The van der Waals surface area contributed by atoms with Crippen molar-refractivity contribution in [3.8, 4) is 0 Å². The number of allylic oxidation sites excluding steroid dienone is 1. The Morgan fingerprint density at radius 1 is 1.45 bits per heavy atom. The average molecular weight is 158 g/mol. The van der Waals surface area contributed by atoms with Crippen molar-refractivity contribution in [2.24, 2.45) is 0 Å². The van der Waals surface area contributed by atoms with Crippen LogP contribution in [0.15, 0.2) is 11.3 Å². The number of aliphatic hydroxyl groups is 1. The molecule has 0 amide bonds. The topological polar surface area (TPSA) is 46.5 Å². The summed E-state index contributed by atoms with van der Waals surface area (Å²) in [6.07, 6.45) is 0.795. The van der Waals surface area contributed by atoms with Crippen molar-refractivity contribution < 1.29 is 14.6 Å². The van der Waals surface area contributed by atoms with Gasteiger partial charge in [-0.3, -0.25) is 0 Å². The van der Waals surface area contributed by atoms with Crippen molar-refractivity contribution in [2.45, 2.75) is 27.2 Å². The minimum Gasteiger partial charge on any atom is -0.512 e. The monoisotopic (exact) mass is 158 g/mol. The first-order valence-corrected chi connectivity index (χ1v) is 3.63. The van der Waals surface area contributed by atoms with Gasteiger partial charge >= 0.3 is 5.97 Å². The summed E-state index contributed by atoms with van der Waals surface area (Å²) in [6, 6.07) is 0. The Morgan fingerprint density at radius 2 is 2.00 bits per heavy atom. The molecule has 0 aliphatic rings. The molecule has 0 spiro atoms. The van der Waals surface area contributed by atoms with Crippen LogP contribution in [-0.2, 0) is 9.53 Å². The van der Waals surface area contributed by atoms with Crippen LogP contribution in [0.1, 0.15) is 27.2 Å². The molecule has 0 saturated carbocycles. The molecule has 0 aromatic carbocycles. The second-order valence-electron chi connectivity index (χ2n) is 2.35. The maximum Gasteiger partial charge on any atom is 0.337 e. The number of ether oxygens (including phenoxy) is 1. The largest absolute Gasteiger partial charge is 0.512 e. The molecule has 3 heteroatoms. The van der Waals surface area contributed by atoms with Crippen molar-refractivity contribution >= 4 is 5.97 Å². The fraction of sp³-hybridized carbons (Fsp3) is 0.625. The molecule has 0 rings (SSSR count). The number of aliphatic hydroxyl groups excluding tert-OH is 1. The predicted molar refractivity (Wildman–Crippen MR) is 42.3 cm³/mol. The van der Waals surface area contributed by atoms with E-state index in [9.17, 15) is 4.79 Å². The Balaban J connectivity index is 3.95. The minimum absolute atomic E-state index is 0.0195. The van der Waals surface area contributed by atoms with Crippen LogP contribution in [0.25, 0.3) is 0 Å². The summed E-state index contributed by atoms with van der Waals surface area (Å²) in [4.78, 5) is 10.9. The summed E-state index contributed by atoms with van der Waals surface area (Å²) in [5, 5.41) is 8.87. The van der Waals surface area contributed by atoms with E-state index in [0.717, 1.165) is 6.42 Å². The highest BCUT2D eigenvalue weighted by molar-refractivity contribution is 5.88. The molecule has 1 N–H and O–H groups in total. The zero-order chi connectivity index (χ0) is 8.85. The first kappa shape index (κ1) is 10.0. The van der Waals surface area contributed by atoms with Crippen LogP contribution >= 0.6 is 0 Å². The summed E-state index contributed by atoms with van der Waals surface area (Å²) in [5.74, 6) is -0.419. The highest BCUT2D eigenvalue weighted by Gasteiger charge is 2.07. The van der Waals surface area contributed by atoms with Crippen LogP contribution in [0.3, 0.4) is 0 Å². The van der Waals surface area contributed by atoms with Crippen LogP contribution in [0.5, 0.6) is 0 Å². The lowest BCUT2D eigenvalue weighted by Gasteiger charge is -2.02.